The van der Waals surface area contributed by atoms with Gasteiger partial charge >= 0.3 is 6.03 Å². The van der Waals surface area contributed by atoms with Crippen molar-refractivity contribution in [3.8, 4) is 0 Å². The quantitative estimate of drug-likeness (QED) is 0.843. The van der Waals surface area contributed by atoms with Crippen molar-refractivity contribution in [1.29, 1.82) is 0 Å². The maximum Gasteiger partial charge on any atom is 0.337 e. The van der Waals surface area contributed by atoms with E-state index in [1.807, 2.05) is 13.8 Å². The molecule has 1 aliphatic carbocycles. The highest BCUT2D eigenvalue weighted by atomic mass is 32.1. The molecular weight excluding hydrogens is 278 g/mol. The molecule has 20 heavy (non-hydrogen) atoms. The first-order valence-electron chi connectivity index (χ1n) is 6.66. The van der Waals surface area contributed by atoms with E-state index in [2.05, 4.69) is 10.3 Å². The maximum absolute atomic E-state index is 12.6. The van der Waals surface area contributed by atoms with Crippen LogP contribution in [0.2, 0.25) is 0 Å². The fourth-order valence-corrected chi connectivity index (χ4v) is 3.65. The highest BCUT2D eigenvalue weighted by Gasteiger charge is 2.58. The van der Waals surface area contributed by atoms with Crippen LogP contribution in [0, 0.1) is 12.3 Å². The molecule has 2 fully saturated rings. The Labute approximate surface area is 120 Å². The summed E-state index contributed by atoms with van der Waals surface area (Å²) >= 11 is 1.31. The second kappa shape index (κ2) is 4.37. The largest absolute Gasteiger partial charge is 0.337 e. The van der Waals surface area contributed by atoms with Crippen molar-refractivity contribution in [3.63, 3.8) is 0 Å². The minimum absolute atomic E-state index is 0.362. The topological polar surface area (TPSA) is 79.4 Å². The lowest BCUT2D eigenvalue weighted by Crippen LogP contribution is -2.66. The van der Waals surface area contributed by atoms with Crippen LogP contribution in [0.5, 0.6) is 0 Å². The maximum atomic E-state index is 12.6. The average Bonchev–Trinajstić information content (AvgIpc) is 2.67. The summed E-state index contributed by atoms with van der Waals surface area (Å²) in [5.41, 5.74) is -0.162. The van der Waals surface area contributed by atoms with Crippen LogP contribution >= 0.6 is 11.3 Å². The molecule has 3 rings (SSSR count). The number of hydrogen-bond donors (Lipinski definition) is 1. The van der Waals surface area contributed by atoms with Gasteiger partial charge in [-0.2, -0.15) is 0 Å². The first-order chi connectivity index (χ1) is 9.49. The number of amides is 4. The predicted molar refractivity (Wildman–Crippen MR) is 73.5 cm³/mol. The summed E-state index contributed by atoms with van der Waals surface area (Å²) in [6, 6.07) is -0.686. The normalized spacial score (nSPS) is 21.1. The molecule has 0 unspecified atom stereocenters. The molecule has 1 saturated carbocycles. The second-order valence-electron chi connectivity index (χ2n) is 5.19. The van der Waals surface area contributed by atoms with Gasteiger partial charge in [-0.25, -0.2) is 14.7 Å². The van der Waals surface area contributed by atoms with Gasteiger partial charge in [-0.1, -0.05) is 13.3 Å². The highest BCUT2D eigenvalue weighted by molar-refractivity contribution is 7.16. The molecule has 4 amide bonds. The molecule has 1 aromatic rings. The molecule has 0 atom stereocenters. The van der Waals surface area contributed by atoms with Gasteiger partial charge in [0, 0.05) is 4.88 Å². The molecule has 106 valence electrons. The van der Waals surface area contributed by atoms with Crippen LogP contribution in [0.3, 0.4) is 0 Å². The van der Waals surface area contributed by atoms with Crippen LogP contribution in [0.15, 0.2) is 0 Å². The van der Waals surface area contributed by atoms with E-state index in [4.69, 9.17) is 0 Å². The van der Waals surface area contributed by atoms with Gasteiger partial charge in [0.1, 0.15) is 5.41 Å². The van der Waals surface area contributed by atoms with Gasteiger partial charge in [-0.15, -0.1) is 11.3 Å². The number of imide groups is 2. The molecule has 6 nitrogen and oxygen atoms in total. The van der Waals surface area contributed by atoms with E-state index in [0.717, 1.165) is 28.3 Å². The number of rotatable bonds is 2. The lowest BCUT2D eigenvalue weighted by Gasteiger charge is -2.43. The molecule has 0 radical (unpaired) electrons. The molecule has 2 heterocycles. The summed E-state index contributed by atoms with van der Waals surface area (Å²) in [4.78, 5) is 42.9. The Kier molecular flexibility index (Phi) is 2.89. The third kappa shape index (κ3) is 1.62. The molecule has 2 aliphatic rings. The van der Waals surface area contributed by atoms with Gasteiger partial charge in [-0.05, 0) is 26.2 Å². The number of anilines is 1. The van der Waals surface area contributed by atoms with Gasteiger partial charge in [0.2, 0.25) is 11.0 Å². The van der Waals surface area contributed by atoms with Gasteiger partial charge in [0.15, 0.2) is 0 Å². The molecular formula is C13H15N3O3S. The van der Waals surface area contributed by atoms with Gasteiger partial charge in [0.05, 0.1) is 5.69 Å². The molecule has 1 aliphatic heterocycles. The van der Waals surface area contributed by atoms with E-state index in [1.54, 1.807) is 0 Å². The average molecular weight is 293 g/mol. The van der Waals surface area contributed by atoms with E-state index in [9.17, 15) is 14.4 Å². The number of carbonyl (C=O) groups excluding carboxylic acids is 3. The van der Waals surface area contributed by atoms with E-state index < -0.39 is 23.3 Å². The minimum Gasteiger partial charge on any atom is -0.276 e. The summed E-state index contributed by atoms with van der Waals surface area (Å²) in [5.74, 6) is -0.882. The summed E-state index contributed by atoms with van der Waals surface area (Å²) in [7, 11) is 0. The van der Waals surface area contributed by atoms with Crippen molar-refractivity contribution in [2.45, 2.75) is 39.5 Å². The molecule has 1 saturated heterocycles. The number of nitrogens with zero attached hydrogens (tertiary/aromatic N) is 2. The van der Waals surface area contributed by atoms with Crippen molar-refractivity contribution < 1.29 is 14.4 Å². The number of carbonyl (C=O) groups is 3. The summed E-state index contributed by atoms with van der Waals surface area (Å²) in [6.45, 7) is 3.89. The number of thiazole rings is 1. The number of aromatic nitrogens is 1. The Hall–Kier alpha value is -1.76. The molecule has 0 bridgehead atoms. The fraction of sp³-hybridized carbons (Fsp3) is 0.538. The minimum atomic E-state index is -1.04. The van der Waals surface area contributed by atoms with E-state index >= 15 is 0 Å². The number of barbiturate groups is 1. The lowest BCUT2D eigenvalue weighted by molar-refractivity contribution is -0.148. The van der Waals surface area contributed by atoms with Crippen molar-refractivity contribution in [1.82, 2.24) is 10.3 Å². The van der Waals surface area contributed by atoms with Crippen LogP contribution in [0.25, 0.3) is 0 Å². The van der Waals surface area contributed by atoms with Crippen molar-refractivity contribution in [3.05, 3.63) is 10.6 Å². The Morgan fingerprint density at radius 3 is 2.55 bits per heavy atom. The summed E-state index contributed by atoms with van der Waals surface area (Å²) in [5, 5.41) is 2.65. The van der Waals surface area contributed by atoms with Gasteiger partial charge < -0.3 is 0 Å². The Balaban J connectivity index is 2.01. The van der Waals surface area contributed by atoms with Crippen molar-refractivity contribution >= 4 is 34.3 Å². The number of urea groups is 1. The van der Waals surface area contributed by atoms with Crippen LogP contribution in [0.1, 0.15) is 36.8 Å². The molecule has 7 heteroatoms. The molecule has 0 aromatic carbocycles. The van der Waals surface area contributed by atoms with Gasteiger partial charge in [-0.3, -0.25) is 14.9 Å². The third-order valence-electron chi connectivity index (χ3n) is 4.09. The molecule has 1 spiro atoms. The SMILES string of the molecule is CCc1nc(N2C(=O)NC(=O)C3(CCC3)C2=O)sc1C. The zero-order chi connectivity index (χ0) is 14.5. The van der Waals surface area contributed by atoms with Crippen LogP contribution in [0.4, 0.5) is 9.93 Å². The number of hydrogen-bond acceptors (Lipinski definition) is 5. The third-order valence-corrected chi connectivity index (χ3v) is 5.08. The fourth-order valence-electron chi connectivity index (χ4n) is 2.66. The van der Waals surface area contributed by atoms with Crippen molar-refractivity contribution in [2.24, 2.45) is 5.41 Å². The second-order valence-corrected chi connectivity index (χ2v) is 6.37. The van der Waals surface area contributed by atoms with Crippen molar-refractivity contribution in [2.75, 3.05) is 4.90 Å². The first-order valence-corrected chi connectivity index (χ1v) is 7.47. The number of aryl methyl sites for hydroxylation is 2. The highest BCUT2D eigenvalue weighted by Crippen LogP contribution is 2.45. The zero-order valence-corrected chi connectivity index (χ0v) is 12.2. The van der Waals surface area contributed by atoms with Crippen LogP contribution < -0.4 is 10.2 Å². The Morgan fingerprint density at radius 1 is 1.35 bits per heavy atom. The summed E-state index contributed by atoms with van der Waals surface area (Å²) in [6.07, 6.45) is 2.59. The smallest absolute Gasteiger partial charge is 0.276 e. The van der Waals surface area contributed by atoms with Crippen LogP contribution in [-0.4, -0.2) is 22.8 Å². The first kappa shape index (κ1) is 13.2. The van der Waals surface area contributed by atoms with E-state index in [-0.39, 0.29) is 0 Å². The molecule has 1 aromatic heterocycles. The van der Waals surface area contributed by atoms with Crippen LogP contribution in [-0.2, 0) is 16.0 Å². The predicted octanol–water partition coefficient (Wildman–Crippen LogP) is 1.77. The zero-order valence-electron chi connectivity index (χ0n) is 11.4. The summed E-state index contributed by atoms with van der Waals surface area (Å²) < 4.78 is 0. The van der Waals surface area contributed by atoms with Gasteiger partial charge in [0.25, 0.3) is 5.91 Å². The van der Waals surface area contributed by atoms with E-state index in [0.29, 0.717) is 18.0 Å². The molecule has 1 N–H and O–H groups in total. The standard InChI is InChI=1S/C13H15N3O3S/c1-3-8-7(2)20-12(14-8)16-10(18)13(5-4-6-13)9(17)15-11(16)19/h3-6H2,1-2H3,(H,15,17,19). The van der Waals surface area contributed by atoms with E-state index in [1.165, 1.54) is 11.3 Å². The Bertz CT molecular complexity index is 618. The monoisotopic (exact) mass is 293 g/mol. The Morgan fingerprint density at radius 2 is 2.05 bits per heavy atom. The lowest BCUT2D eigenvalue weighted by atomic mass is 9.66. The number of nitrogens with one attached hydrogen (secondary N) is 1.